The van der Waals surface area contributed by atoms with Crippen molar-refractivity contribution in [3.63, 3.8) is 0 Å². The van der Waals surface area contributed by atoms with Crippen LogP contribution in [0.3, 0.4) is 0 Å². The molecule has 1 saturated heterocycles. The van der Waals surface area contributed by atoms with Crippen LogP contribution < -0.4 is 0 Å². The summed E-state index contributed by atoms with van der Waals surface area (Å²) in [6.07, 6.45) is 2.52. The first-order chi connectivity index (χ1) is 11.6. The summed E-state index contributed by atoms with van der Waals surface area (Å²) in [6.45, 7) is 6.08. The van der Waals surface area contributed by atoms with Crippen LogP contribution in [0.5, 0.6) is 0 Å². The Bertz CT molecular complexity index is 728. The summed E-state index contributed by atoms with van der Waals surface area (Å²) < 4.78 is 0. The first-order valence-electron chi connectivity index (χ1n) is 8.27. The average molecular weight is 326 g/mol. The van der Waals surface area contributed by atoms with E-state index in [-0.39, 0.29) is 11.8 Å². The van der Waals surface area contributed by atoms with Crippen LogP contribution in [0.25, 0.3) is 0 Å². The number of carbonyl (C=O) groups excluding carboxylic acids is 2. The number of aromatic amines is 1. The maximum atomic E-state index is 12.6. The molecule has 24 heavy (non-hydrogen) atoms. The molecule has 2 heterocycles. The Morgan fingerprint density at radius 2 is 1.62 bits per heavy atom. The largest absolute Gasteiger partial charge is 0.338 e. The first-order valence-corrected chi connectivity index (χ1v) is 8.27. The fraction of sp³-hybridized carbons (Fsp3) is 0.389. The van der Waals surface area contributed by atoms with Gasteiger partial charge in [0.2, 0.25) is 0 Å². The molecule has 0 saturated carbocycles. The second-order valence-corrected chi connectivity index (χ2v) is 6.02. The van der Waals surface area contributed by atoms with Crippen LogP contribution in [0.15, 0.2) is 30.5 Å². The summed E-state index contributed by atoms with van der Waals surface area (Å²) in [5.74, 6) is 0.694. The minimum absolute atomic E-state index is 0.0298. The highest BCUT2D eigenvalue weighted by atomic mass is 16.2. The molecule has 0 bridgehead atoms. The van der Waals surface area contributed by atoms with Crippen molar-refractivity contribution >= 4 is 11.8 Å². The van der Waals surface area contributed by atoms with E-state index < -0.39 is 0 Å². The van der Waals surface area contributed by atoms with Gasteiger partial charge in [0.05, 0.1) is 6.20 Å². The predicted molar refractivity (Wildman–Crippen MR) is 91.0 cm³/mol. The van der Waals surface area contributed by atoms with Gasteiger partial charge in [0.25, 0.3) is 11.8 Å². The molecule has 2 amide bonds. The molecule has 3 rings (SSSR count). The van der Waals surface area contributed by atoms with Crippen LogP contribution >= 0.6 is 0 Å². The summed E-state index contributed by atoms with van der Waals surface area (Å²) in [4.78, 5) is 35.5. The Morgan fingerprint density at radius 1 is 1.04 bits per heavy atom. The number of imidazole rings is 1. The van der Waals surface area contributed by atoms with Gasteiger partial charge in [0.15, 0.2) is 0 Å². The normalized spacial score (nSPS) is 14.8. The van der Waals surface area contributed by atoms with E-state index in [0.29, 0.717) is 37.4 Å². The van der Waals surface area contributed by atoms with E-state index in [1.165, 1.54) is 5.56 Å². The molecule has 1 aliphatic heterocycles. The van der Waals surface area contributed by atoms with Crippen LogP contribution in [0.4, 0.5) is 0 Å². The number of piperazine rings is 1. The Balaban J connectivity index is 1.59. The Labute approximate surface area is 141 Å². The molecule has 1 aromatic carbocycles. The van der Waals surface area contributed by atoms with Gasteiger partial charge >= 0.3 is 0 Å². The number of hydrogen-bond donors (Lipinski definition) is 1. The van der Waals surface area contributed by atoms with E-state index in [4.69, 9.17) is 0 Å². The van der Waals surface area contributed by atoms with Crippen LogP contribution in [0.1, 0.15) is 39.2 Å². The van der Waals surface area contributed by atoms with Gasteiger partial charge in [-0.15, -0.1) is 0 Å². The molecule has 1 aliphatic rings. The van der Waals surface area contributed by atoms with E-state index in [0.717, 1.165) is 12.2 Å². The van der Waals surface area contributed by atoms with Crippen molar-refractivity contribution in [2.75, 3.05) is 26.2 Å². The third-order valence-corrected chi connectivity index (χ3v) is 4.40. The van der Waals surface area contributed by atoms with E-state index in [9.17, 15) is 9.59 Å². The smallest absolute Gasteiger partial charge is 0.272 e. The van der Waals surface area contributed by atoms with Gasteiger partial charge in [-0.25, -0.2) is 4.98 Å². The summed E-state index contributed by atoms with van der Waals surface area (Å²) >= 11 is 0. The number of nitrogens with zero attached hydrogens (tertiary/aromatic N) is 3. The van der Waals surface area contributed by atoms with Crippen molar-refractivity contribution in [3.05, 3.63) is 53.1 Å². The zero-order chi connectivity index (χ0) is 17.1. The second-order valence-electron chi connectivity index (χ2n) is 6.02. The molecule has 0 radical (unpaired) electrons. The number of amides is 2. The quantitative estimate of drug-likeness (QED) is 0.936. The maximum Gasteiger partial charge on any atom is 0.272 e. The monoisotopic (exact) mass is 326 g/mol. The van der Waals surface area contributed by atoms with Crippen molar-refractivity contribution in [3.8, 4) is 0 Å². The van der Waals surface area contributed by atoms with E-state index in [1.54, 1.807) is 11.1 Å². The molecule has 1 N–H and O–H groups in total. The van der Waals surface area contributed by atoms with Crippen molar-refractivity contribution in [1.29, 1.82) is 0 Å². The van der Waals surface area contributed by atoms with Gasteiger partial charge in [0, 0.05) is 31.7 Å². The van der Waals surface area contributed by atoms with Gasteiger partial charge in [0.1, 0.15) is 11.5 Å². The predicted octanol–water partition coefficient (Wildman–Crippen LogP) is 1.88. The Hall–Kier alpha value is -2.63. The highest BCUT2D eigenvalue weighted by Gasteiger charge is 2.26. The molecule has 6 nitrogen and oxygen atoms in total. The zero-order valence-electron chi connectivity index (χ0n) is 14.1. The number of H-pyrrole nitrogens is 1. The molecule has 0 unspecified atom stereocenters. The number of aryl methyl sites for hydroxylation is 2. The summed E-state index contributed by atoms with van der Waals surface area (Å²) in [7, 11) is 0. The van der Waals surface area contributed by atoms with Crippen molar-refractivity contribution in [2.24, 2.45) is 0 Å². The number of benzene rings is 1. The second kappa shape index (κ2) is 6.86. The Morgan fingerprint density at radius 3 is 2.12 bits per heavy atom. The van der Waals surface area contributed by atoms with Crippen molar-refractivity contribution < 1.29 is 9.59 Å². The zero-order valence-corrected chi connectivity index (χ0v) is 14.1. The topological polar surface area (TPSA) is 69.3 Å². The highest BCUT2D eigenvalue weighted by molar-refractivity contribution is 5.95. The SMILES string of the molecule is CCc1ccc(C(=O)N2CCN(C(=O)c3cnc(C)[nH]3)CC2)cc1. The lowest BCUT2D eigenvalue weighted by atomic mass is 10.1. The van der Waals surface area contributed by atoms with Crippen LogP contribution in [-0.2, 0) is 6.42 Å². The van der Waals surface area contributed by atoms with Gasteiger partial charge in [-0.3, -0.25) is 9.59 Å². The van der Waals surface area contributed by atoms with Crippen molar-refractivity contribution in [1.82, 2.24) is 19.8 Å². The van der Waals surface area contributed by atoms with Gasteiger partial charge in [-0.05, 0) is 31.0 Å². The lowest BCUT2D eigenvalue weighted by Crippen LogP contribution is -2.50. The molecule has 0 spiro atoms. The minimum Gasteiger partial charge on any atom is -0.338 e. The van der Waals surface area contributed by atoms with Crippen molar-refractivity contribution in [2.45, 2.75) is 20.3 Å². The molecule has 2 aromatic rings. The summed E-state index contributed by atoms with van der Waals surface area (Å²) in [6, 6.07) is 7.75. The maximum absolute atomic E-state index is 12.6. The Kier molecular flexibility index (Phi) is 4.64. The third-order valence-electron chi connectivity index (χ3n) is 4.40. The fourth-order valence-corrected chi connectivity index (χ4v) is 2.88. The standard InChI is InChI=1S/C18H22N4O2/c1-3-14-4-6-15(7-5-14)17(23)21-8-10-22(11-9-21)18(24)16-12-19-13(2)20-16/h4-7,12H,3,8-11H2,1-2H3,(H,19,20). The number of aromatic nitrogens is 2. The number of nitrogens with one attached hydrogen (secondary N) is 1. The number of rotatable bonds is 3. The molecule has 1 aromatic heterocycles. The molecular formula is C18H22N4O2. The summed E-state index contributed by atoms with van der Waals surface area (Å²) in [5.41, 5.74) is 2.43. The lowest BCUT2D eigenvalue weighted by Gasteiger charge is -2.34. The molecule has 0 atom stereocenters. The minimum atomic E-state index is -0.0602. The van der Waals surface area contributed by atoms with Crippen LogP contribution in [0.2, 0.25) is 0 Å². The molecule has 6 heteroatoms. The third kappa shape index (κ3) is 3.32. The average Bonchev–Trinajstić information content (AvgIpc) is 3.07. The van der Waals surface area contributed by atoms with Crippen LogP contribution in [-0.4, -0.2) is 57.8 Å². The number of hydrogen-bond acceptors (Lipinski definition) is 3. The first kappa shape index (κ1) is 16.2. The molecule has 0 aliphatic carbocycles. The summed E-state index contributed by atoms with van der Waals surface area (Å²) in [5, 5.41) is 0. The molecule has 126 valence electrons. The van der Waals surface area contributed by atoms with Gasteiger partial charge in [-0.1, -0.05) is 19.1 Å². The van der Waals surface area contributed by atoms with E-state index >= 15 is 0 Å². The lowest BCUT2D eigenvalue weighted by molar-refractivity contribution is 0.0532. The van der Waals surface area contributed by atoms with Crippen LogP contribution in [0, 0.1) is 6.92 Å². The number of carbonyl (C=O) groups is 2. The molecule has 1 fully saturated rings. The fourth-order valence-electron chi connectivity index (χ4n) is 2.88. The van der Waals surface area contributed by atoms with E-state index in [2.05, 4.69) is 16.9 Å². The van der Waals surface area contributed by atoms with Gasteiger partial charge < -0.3 is 14.8 Å². The highest BCUT2D eigenvalue weighted by Crippen LogP contribution is 2.12. The molecular weight excluding hydrogens is 304 g/mol. The van der Waals surface area contributed by atoms with Gasteiger partial charge in [-0.2, -0.15) is 0 Å². The van der Waals surface area contributed by atoms with E-state index in [1.807, 2.05) is 36.1 Å².